The van der Waals surface area contributed by atoms with E-state index in [4.69, 9.17) is 9.84 Å². The Hall–Kier alpha value is -1.65. The molecule has 0 fully saturated rings. The molecular weight excluding hydrogens is 184 g/mol. The molecule has 0 radical (unpaired) electrons. The van der Waals surface area contributed by atoms with Gasteiger partial charge in [0.15, 0.2) is 0 Å². The molecule has 5 heteroatoms. The Kier molecular flexibility index (Phi) is 3.39. The van der Waals surface area contributed by atoms with E-state index in [0.717, 1.165) is 0 Å². The first kappa shape index (κ1) is 10.4. The summed E-state index contributed by atoms with van der Waals surface area (Å²) in [6, 6.07) is 0. The van der Waals surface area contributed by atoms with Gasteiger partial charge in [0.1, 0.15) is 6.33 Å². The molecule has 5 nitrogen and oxygen atoms in total. The first-order valence-electron chi connectivity index (χ1n) is 4.27. The third-order valence-corrected chi connectivity index (χ3v) is 1.44. The minimum absolute atomic E-state index is 0.0301. The number of hydrogen-bond donors (Lipinski definition) is 1. The van der Waals surface area contributed by atoms with Crippen molar-refractivity contribution >= 4 is 5.97 Å². The molecule has 0 saturated carbocycles. The number of carbonyl (C=O) groups is 1. The number of hydrogen-bond acceptors (Lipinski definition) is 4. The average Bonchev–Trinajstić information content (AvgIpc) is 2.06. The summed E-state index contributed by atoms with van der Waals surface area (Å²) in [5.74, 6) is -0.578. The van der Waals surface area contributed by atoms with Crippen molar-refractivity contribution in [2.24, 2.45) is 0 Å². The summed E-state index contributed by atoms with van der Waals surface area (Å²) in [5.41, 5.74) is 0.494. The standard InChI is InChI=1S/C9H12N2O3/c1-6(2)14-9-7(3-8(12)13)4-10-5-11-9/h4-6H,3H2,1-2H3,(H,12,13). The number of carboxylic acid groups (broad SMARTS) is 1. The number of nitrogens with zero attached hydrogens (tertiary/aromatic N) is 2. The van der Waals surface area contributed by atoms with Gasteiger partial charge in [-0.3, -0.25) is 4.79 Å². The van der Waals surface area contributed by atoms with E-state index >= 15 is 0 Å². The molecule has 1 aromatic rings. The Morgan fingerprint density at radius 3 is 2.93 bits per heavy atom. The third-order valence-electron chi connectivity index (χ3n) is 1.44. The highest BCUT2D eigenvalue weighted by Crippen LogP contribution is 2.14. The van der Waals surface area contributed by atoms with Crippen molar-refractivity contribution in [3.8, 4) is 5.88 Å². The van der Waals surface area contributed by atoms with Gasteiger partial charge in [-0.25, -0.2) is 9.97 Å². The first-order chi connectivity index (χ1) is 6.59. The van der Waals surface area contributed by atoms with E-state index < -0.39 is 5.97 Å². The Morgan fingerprint density at radius 1 is 1.64 bits per heavy atom. The van der Waals surface area contributed by atoms with Crippen LogP contribution in [0.1, 0.15) is 19.4 Å². The van der Waals surface area contributed by atoms with Gasteiger partial charge in [0.05, 0.1) is 12.5 Å². The van der Waals surface area contributed by atoms with Crippen molar-refractivity contribution in [2.45, 2.75) is 26.4 Å². The molecule has 14 heavy (non-hydrogen) atoms. The van der Waals surface area contributed by atoms with E-state index in [-0.39, 0.29) is 12.5 Å². The first-order valence-corrected chi connectivity index (χ1v) is 4.27. The molecule has 0 spiro atoms. The van der Waals surface area contributed by atoms with Crippen LogP contribution in [0.5, 0.6) is 5.88 Å². The van der Waals surface area contributed by atoms with Crippen molar-refractivity contribution < 1.29 is 14.6 Å². The highest BCUT2D eigenvalue weighted by molar-refractivity contribution is 5.70. The normalized spacial score (nSPS) is 10.2. The summed E-state index contributed by atoms with van der Waals surface area (Å²) in [6.45, 7) is 3.71. The number of aromatic nitrogens is 2. The van der Waals surface area contributed by atoms with Crippen LogP contribution in [0.25, 0.3) is 0 Å². The summed E-state index contributed by atoms with van der Waals surface area (Å²) >= 11 is 0. The van der Waals surface area contributed by atoms with Gasteiger partial charge >= 0.3 is 5.97 Å². The highest BCUT2D eigenvalue weighted by Gasteiger charge is 2.10. The molecule has 0 atom stereocenters. The van der Waals surface area contributed by atoms with Crippen LogP contribution in [0.3, 0.4) is 0 Å². The molecule has 1 rings (SSSR count). The molecule has 1 aromatic heterocycles. The van der Waals surface area contributed by atoms with Crippen LogP contribution in [-0.4, -0.2) is 27.1 Å². The fourth-order valence-corrected chi connectivity index (χ4v) is 0.961. The van der Waals surface area contributed by atoms with E-state index in [2.05, 4.69) is 9.97 Å². The van der Waals surface area contributed by atoms with E-state index in [1.807, 2.05) is 13.8 Å². The Balaban J connectivity index is 2.85. The average molecular weight is 196 g/mol. The fourth-order valence-electron chi connectivity index (χ4n) is 0.961. The van der Waals surface area contributed by atoms with Gasteiger partial charge in [-0.05, 0) is 13.8 Å². The van der Waals surface area contributed by atoms with E-state index in [0.29, 0.717) is 11.4 Å². The van der Waals surface area contributed by atoms with Crippen molar-refractivity contribution in [1.82, 2.24) is 9.97 Å². The fraction of sp³-hybridized carbons (Fsp3) is 0.444. The topological polar surface area (TPSA) is 72.3 Å². The second-order valence-corrected chi connectivity index (χ2v) is 3.09. The molecule has 0 aromatic carbocycles. The molecule has 0 aliphatic heterocycles. The zero-order valence-corrected chi connectivity index (χ0v) is 8.10. The largest absolute Gasteiger partial charge is 0.481 e. The van der Waals surface area contributed by atoms with Crippen LogP contribution in [0.4, 0.5) is 0 Å². The molecular formula is C9H12N2O3. The third kappa shape index (κ3) is 3.01. The van der Waals surface area contributed by atoms with Crippen LogP contribution in [0, 0.1) is 0 Å². The van der Waals surface area contributed by atoms with Crippen LogP contribution in [0.2, 0.25) is 0 Å². The smallest absolute Gasteiger partial charge is 0.308 e. The number of ether oxygens (including phenoxy) is 1. The number of rotatable bonds is 4. The quantitative estimate of drug-likeness (QED) is 0.774. The maximum Gasteiger partial charge on any atom is 0.308 e. The van der Waals surface area contributed by atoms with Gasteiger partial charge in [0.25, 0.3) is 0 Å². The molecule has 76 valence electrons. The van der Waals surface area contributed by atoms with Gasteiger partial charge in [-0.1, -0.05) is 0 Å². The van der Waals surface area contributed by atoms with Gasteiger partial charge in [0, 0.05) is 11.8 Å². The van der Waals surface area contributed by atoms with Crippen LogP contribution < -0.4 is 4.74 Å². The lowest BCUT2D eigenvalue weighted by molar-refractivity contribution is -0.136. The lowest BCUT2D eigenvalue weighted by Gasteiger charge is -2.10. The van der Waals surface area contributed by atoms with Crippen molar-refractivity contribution in [3.63, 3.8) is 0 Å². The van der Waals surface area contributed by atoms with E-state index in [1.54, 1.807) is 0 Å². The second kappa shape index (κ2) is 4.55. The maximum absolute atomic E-state index is 10.5. The molecule has 0 saturated heterocycles. The van der Waals surface area contributed by atoms with Gasteiger partial charge in [-0.2, -0.15) is 0 Å². The van der Waals surface area contributed by atoms with E-state index in [9.17, 15) is 4.79 Å². The Labute approximate surface area is 81.8 Å². The molecule has 0 aliphatic carbocycles. The molecule has 0 aliphatic rings. The highest BCUT2D eigenvalue weighted by atomic mass is 16.5. The van der Waals surface area contributed by atoms with Gasteiger partial charge in [-0.15, -0.1) is 0 Å². The zero-order valence-electron chi connectivity index (χ0n) is 8.10. The van der Waals surface area contributed by atoms with Crippen LogP contribution in [-0.2, 0) is 11.2 Å². The summed E-state index contributed by atoms with van der Waals surface area (Å²) in [5, 5.41) is 8.61. The zero-order chi connectivity index (χ0) is 10.6. The predicted molar refractivity (Wildman–Crippen MR) is 49.1 cm³/mol. The summed E-state index contributed by atoms with van der Waals surface area (Å²) in [4.78, 5) is 18.1. The monoisotopic (exact) mass is 196 g/mol. The predicted octanol–water partition coefficient (Wildman–Crippen LogP) is 0.891. The SMILES string of the molecule is CC(C)Oc1ncncc1CC(=O)O. The number of carboxylic acids is 1. The Bertz CT molecular complexity index is 326. The minimum atomic E-state index is -0.923. The molecule has 0 bridgehead atoms. The minimum Gasteiger partial charge on any atom is -0.481 e. The van der Waals surface area contributed by atoms with Gasteiger partial charge < -0.3 is 9.84 Å². The summed E-state index contributed by atoms with van der Waals surface area (Å²) in [7, 11) is 0. The number of aliphatic carboxylic acids is 1. The lowest BCUT2D eigenvalue weighted by atomic mass is 10.2. The van der Waals surface area contributed by atoms with Crippen LogP contribution >= 0.6 is 0 Å². The maximum atomic E-state index is 10.5. The molecule has 0 unspecified atom stereocenters. The molecule has 0 amide bonds. The van der Waals surface area contributed by atoms with Crippen LogP contribution in [0.15, 0.2) is 12.5 Å². The van der Waals surface area contributed by atoms with Crippen molar-refractivity contribution in [3.05, 3.63) is 18.1 Å². The van der Waals surface area contributed by atoms with E-state index in [1.165, 1.54) is 12.5 Å². The summed E-state index contributed by atoms with van der Waals surface area (Å²) < 4.78 is 5.33. The molecule has 1 N–H and O–H groups in total. The lowest BCUT2D eigenvalue weighted by Crippen LogP contribution is -2.11. The second-order valence-electron chi connectivity index (χ2n) is 3.09. The van der Waals surface area contributed by atoms with Crippen molar-refractivity contribution in [1.29, 1.82) is 0 Å². The van der Waals surface area contributed by atoms with Gasteiger partial charge in [0.2, 0.25) is 5.88 Å². The van der Waals surface area contributed by atoms with Crippen molar-refractivity contribution in [2.75, 3.05) is 0 Å². The Morgan fingerprint density at radius 2 is 2.36 bits per heavy atom. The summed E-state index contributed by atoms with van der Waals surface area (Å²) in [6.07, 6.45) is 2.64. The molecule has 1 heterocycles.